The summed E-state index contributed by atoms with van der Waals surface area (Å²) in [6, 6.07) is 12.7. The smallest absolute Gasteiger partial charge is 0.266 e. The predicted octanol–water partition coefficient (Wildman–Crippen LogP) is 5.44. The van der Waals surface area contributed by atoms with Gasteiger partial charge in [0, 0.05) is 13.0 Å². The molecular formula is C27H35N3O3. The Hall–Kier alpha value is -3.15. The van der Waals surface area contributed by atoms with Crippen molar-refractivity contribution in [3.05, 3.63) is 64.2 Å². The normalized spacial score (nSPS) is 12.2. The van der Waals surface area contributed by atoms with Crippen LogP contribution in [0.2, 0.25) is 0 Å². The fourth-order valence-corrected chi connectivity index (χ4v) is 4.12. The van der Waals surface area contributed by atoms with Crippen LogP contribution in [0.4, 0.5) is 0 Å². The van der Waals surface area contributed by atoms with Crippen molar-refractivity contribution < 1.29 is 9.53 Å². The summed E-state index contributed by atoms with van der Waals surface area (Å²) in [5.41, 5.74) is 2.09. The second kappa shape index (κ2) is 10.6. The first-order valence-electron chi connectivity index (χ1n) is 11.7. The molecule has 0 aliphatic carbocycles. The third kappa shape index (κ3) is 5.27. The maximum absolute atomic E-state index is 13.8. The second-order valence-corrected chi connectivity index (χ2v) is 9.02. The Morgan fingerprint density at radius 3 is 2.55 bits per heavy atom. The molecule has 1 heterocycles. The summed E-state index contributed by atoms with van der Waals surface area (Å²) in [4.78, 5) is 33.8. The first-order valence-corrected chi connectivity index (χ1v) is 11.7. The van der Waals surface area contributed by atoms with Gasteiger partial charge in [-0.3, -0.25) is 14.2 Å². The molecule has 1 unspecified atom stereocenters. The number of hydrogen-bond acceptors (Lipinski definition) is 4. The largest absolute Gasteiger partial charge is 0.495 e. The number of methoxy groups -OCH3 is 1. The number of aryl methyl sites for hydroxylation is 1. The highest BCUT2D eigenvalue weighted by Gasteiger charge is 2.28. The van der Waals surface area contributed by atoms with Crippen LogP contribution in [0, 0.1) is 12.8 Å². The number of unbranched alkanes of at least 4 members (excludes halogenated alkanes) is 1. The summed E-state index contributed by atoms with van der Waals surface area (Å²) in [5, 5.41) is 0.532. The molecule has 33 heavy (non-hydrogen) atoms. The predicted molar refractivity (Wildman–Crippen MR) is 133 cm³/mol. The highest BCUT2D eigenvalue weighted by atomic mass is 16.5. The molecule has 2 aromatic carbocycles. The van der Waals surface area contributed by atoms with Gasteiger partial charge in [0.2, 0.25) is 5.91 Å². The summed E-state index contributed by atoms with van der Waals surface area (Å²) >= 11 is 0. The third-order valence-corrected chi connectivity index (χ3v) is 5.84. The van der Waals surface area contributed by atoms with Crippen molar-refractivity contribution in [2.24, 2.45) is 5.92 Å². The molecule has 0 radical (unpaired) electrons. The lowest BCUT2D eigenvalue weighted by Gasteiger charge is -2.32. The van der Waals surface area contributed by atoms with Gasteiger partial charge in [-0.2, -0.15) is 0 Å². The zero-order valence-electron chi connectivity index (χ0n) is 20.6. The summed E-state index contributed by atoms with van der Waals surface area (Å²) in [6.07, 6.45) is 2.28. The molecule has 1 atom stereocenters. The van der Waals surface area contributed by atoms with Crippen molar-refractivity contribution in [1.82, 2.24) is 14.5 Å². The molecule has 0 saturated carbocycles. The number of para-hydroxylation sites is 1. The summed E-state index contributed by atoms with van der Waals surface area (Å²) in [7, 11) is 1.59. The minimum absolute atomic E-state index is 0.0863. The van der Waals surface area contributed by atoms with Crippen LogP contribution in [-0.2, 0) is 4.79 Å². The van der Waals surface area contributed by atoms with Crippen LogP contribution in [0.1, 0.15) is 64.4 Å². The lowest BCUT2D eigenvalue weighted by Crippen LogP contribution is -2.39. The van der Waals surface area contributed by atoms with Crippen molar-refractivity contribution in [1.29, 1.82) is 0 Å². The van der Waals surface area contributed by atoms with E-state index in [1.54, 1.807) is 17.7 Å². The standard InChI is InChI=1S/C27H35N3O3/c1-7-8-13-25(31)29(17-18(2)3)20(5)26-28-22-12-10-9-11-21(22)27(32)30(26)23-16-19(4)14-15-24(23)33-6/h9-12,14-16,18,20H,7-8,13,17H2,1-6H3. The van der Waals surface area contributed by atoms with Gasteiger partial charge in [-0.25, -0.2) is 4.98 Å². The number of carbonyl (C=O) groups excluding carboxylic acids is 1. The van der Waals surface area contributed by atoms with E-state index >= 15 is 0 Å². The van der Waals surface area contributed by atoms with Gasteiger partial charge >= 0.3 is 0 Å². The molecule has 1 aromatic heterocycles. The van der Waals surface area contributed by atoms with Gasteiger partial charge in [0.1, 0.15) is 11.6 Å². The van der Waals surface area contributed by atoms with E-state index in [9.17, 15) is 9.59 Å². The van der Waals surface area contributed by atoms with Crippen LogP contribution < -0.4 is 10.3 Å². The van der Waals surface area contributed by atoms with Crippen molar-refractivity contribution in [3.8, 4) is 11.4 Å². The topological polar surface area (TPSA) is 64.4 Å². The number of ether oxygens (including phenoxy) is 1. The van der Waals surface area contributed by atoms with Crippen LogP contribution in [0.5, 0.6) is 5.75 Å². The van der Waals surface area contributed by atoms with Gasteiger partial charge in [-0.1, -0.05) is 45.4 Å². The number of carbonyl (C=O) groups is 1. The summed E-state index contributed by atoms with van der Waals surface area (Å²) in [6.45, 7) is 10.8. The molecular weight excluding hydrogens is 414 g/mol. The van der Waals surface area contributed by atoms with E-state index in [1.807, 2.05) is 55.1 Å². The van der Waals surface area contributed by atoms with Crippen LogP contribution >= 0.6 is 0 Å². The van der Waals surface area contributed by atoms with Crippen molar-refractivity contribution in [2.45, 2.75) is 59.9 Å². The monoisotopic (exact) mass is 449 g/mol. The second-order valence-electron chi connectivity index (χ2n) is 9.02. The summed E-state index contributed by atoms with van der Waals surface area (Å²) < 4.78 is 7.24. The average molecular weight is 450 g/mol. The number of rotatable bonds is 9. The Labute approximate surface area is 196 Å². The highest BCUT2D eigenvalue weighted by Crippen LogP contribution is 2.29. The van der Waals surface area contributed by atoms with E-state index in [2.05, 4.69) is 20.8 Å². The van der Waals surface area contributed by atoms with E-state index < -0.39 is 0 Å². The van der Waals surface area contributed by atoms with Crippen molar-refractivity contribution >= 4 is 16.8 Å². The molecule has 0 N–H and O–H groups in total. The van der Waals surface area contributed by atoms with Crippen molar-refractivity contribution in [2.75, 3.05) is 13.7 Å². The molecule has 0 aliphatic rings. The highest BCUT2D eigenvalue weighted by molar-refractivity contribution is 5.79. The molecule has 0 aliphatic heterocycles. The number of nitrogens with zero attached hydrogens (tertiary/aromatic N) is 3. The average Bonchev–Trinajstić information content (AvgIpc) is 2.80. The van der Waals surface area contributed by atoms with Crippen LogP contribution in [0.15, 0.2) is 47.3 Å². The quantitative estimate of drug-likeness (QED) is 0.436. The van der Waals surface area contributed by atoms with Crippen LogP contribution in [0.25, 0.3) is 16.6 Å². The van der Waals surface area contributed by atoms with E-state index in [0.29, 0.717) is 41.1 Å². The zero-order valence-corrected chi connectivity index (χ0v) is 20.6. The minimum atomic E-state index is -0.390. The number of aromatic nitrogens is 2. The lowest BCUT2D eigenvalue weighted by molar-refractivity contribution is -0.134. The van der Waals surface area contributed by atoms with Gasteiger partial charge in [0.25, 0.3) is 5.56 Å². The fourth-order valence-electron chi connectivity index (χ4n) is 4.12. The van der Waals surface area contributed by atoms with Gasteiger partial charge in [-0.15, -0.1) is 0 Å². The molecule has 0 fully saturated rings. The maximum Gasteiger partial charge on any atom is 0.266 e. The Morgan fingerprint density at radius 1 is 1.15 bits per heavy atom. The maximum atomic E-state index is 13.8. The molecule has 0 saturated heterocycles. The Kier molecular flexibility index (Phi) is 7.90. The molecule has 1 amide bonds. The summed E-state index contributed by atoms with van der Waals surface area (Å²) in [5.74, 6) is 1.49. The van der Waals surface area contributed by atoms with Gasteiger partial charge < -0.3 is 9.64 Å². The van der Waals surface area contributed by atoms with E-state index in [-0.39, 0.29) is 23.4 Å². The van der Waals surface area contributed by atoms with E-state index in [0.717, 1.165) is 18.4 Å². The Bertz CT molecular complexity index is 1180. The Balaban J connectivity index is 2.28. The molecule has 3 aromatic rings. The van der Waals surface area contributed by atoms with Crippen LogP contribution in [0.3, 0.4) is 0 Å². The van der Waals surface area contributed by atoms with Crippen LogP contribution in [-0.4, -0.2) is 34.0 Å². The van der Waals surface area contributed by atoms with E-state index in [4.69, 9.17) is 9.72 Å². The number of benzene rings is 2. The molecule has 176 valence electrons. The first-order chi connectivity index (χ1) is 15.8. The first kappa shape index (κ1) is 24.5. The lowest BCUT2D eigenvalue weighted by atomic mass is 10.1. The molecule has 0 spiro atoms. The fraction of sp³-hybridized carbons (Fsp3) is 0.444. The van der Waals surface area contributed by atoms with Gasteiger partial charge in [0.05, 0.1) is 29.7 Å². The number of fused-ring (bicyclic) bond motifs is 1. The van der Waals surface area contributed by atoms with Gasteiger partial charge in [0.15, 0.2) is 0 Å². The van der Waals surface area contributed by atoms with Gasteiger partial charge in [-0.05, 0) is 56.0 Å². The van der Waals surface area contributed by atoms with Crippen molar-refractivity contribution in [3.63, 3.8) is 0 Å². The zero-order chi connectivity index (χ0) is 24.1. The Morgan fingerprint density at radius 2 is 1.88 bits per heavy atom. The molecule has 6 nitrogen and oxygen atoms in total. The number of amides is 1. The number of hydrogen-bond donors (Lipinski definition) is 0. The molecule has 3 rings (SSSR count). The molecule has 0 bridgehead atoms. The third-order valence-electron chi connectivity index (χ3n) is 5.84. The molecule has 6 heteroatoms. The minimum Gasteiger partial charge on any atom is -0.495 e. The van der Waals surface area contributed by atoms with E-state index in [1.165, 1.54) is 0 Å². The SMILES string of the molecule is CCCCC(=O)N(CC(C)C)C(C)c1nc2ccccc2c(=O)n1-c1cc(C)ccc1OC.